The van der Waals surface area contributed by atoms with E-state index < -0.39 is 0 Å². The van der Waals surface area contributed by atoms with E-state index in [1.54, 1.807) is 0 Å². The second-order valence-electron chi connectivity index (χ2n) is 6.61. The Morgan fingerprint density at radius 1 is 1.14 bits per heavy atom. The van der Waals surface area contributed by atoms with Gasteiger partial charge in [-0.1, -0.05) is 30.3 Å². The molecule has 1 aromatic heterocycles. The highest BCUT2D eigenvalue weighted by Gasteiger charge is 2.21. The molecule has 1 N–H and O–H groups in total. The lowest BCUT2D eigenvalue weighted by Gasteiger charge is -2.26. The molecule has 0 saturated heterocycles. The zero-order valence-corrected chi connectivity index (χ0v) is 13.4. The van der Waals surface area contributed by atoms with Crippen LogP contribution >= 0.6 is 0 Å². The Hall–Kier alpha value is -2.21. The van der Waals surface area contributed by atoms with E-state index in [4.69, 9.17) is 0 Å². The number of nitriles is 1. The quantitative estimate of drug-likeness (QED) is 0.876. The van der Waals surface area contributed by atoms with Crippen molar-refractivity contribution in [2.75, 3.05) is 5.32 Å². The van der Waals surface area contributed by atoms with Crippen molar-refractivity contribution in [3.05, 3.63) is 42.1 Å². The van der Waals surface area contributed by atoms with Crippen molar-refractivity contribution >= 4 is 5.82 Å². The Morgan fingerprint density at radius 3 is 2.24 bits per heavy atom. The summed E-state index contributed by atoms with van der Waals surface area (Å²) in [6, 6.07) is 14.7. The van der Waals surface area contributed by atoms with Crippen molar-refractivity contribution in [1.29, 1.82) is 5.26 Å². The third kappa shape index (κ3) is 3.28. The Balaban J connectivity index is 2.67. The van der Waals surface area contributed by atoms with E-state index in [2.05, 4.69) is 62.7 Å². The van der Waals surface area contributed by atoms with Gasteiger partial charge in [0, 0.05) is 17.1 Å². The maximum atomic E-state index is 9.45. The molecule has 0 spiro atoms. The predicted molar refractivity (Wildman–Crippen MR) is 88.3 cm³/mol. The van der Waals surface area contributed by atoms with Crippen molar-refractivity contribution in [3.63, 3.8) is 0 Å². The van der Waals surface area contributed by atoms with E-state index in [-0.39, 0.29) is 11.6 Å². The number of nitrogens with zero attached hydrogens (tertiary/aromatic N) is 2. The number of aromatic nitrogens is 1. The van der Waals surface area contributed by atoms with E-state index in [9.17, 15) is 5.26 Å². The van der Waals surface area contributed by atoms with Gasteiger partial charge in [-0.2, -0.15) is 5.26 Å². The zero-order valence-electron chi connectivity index (χ0n) is 13.4. The summed E-state index contributed by atoms with van der Waals surface area (Å²) in [4.78, 5) is 0. The molecule has 0 radical (unpaired) electrons. The molecule has 0 saturated carbocycles. The first kappa shape index (κ1) is 15.2. The maximum absolute atomic E-state index is 9.45. The van der Waals surface area contributed by atoms with Crippen LogP contribution in [0.1, 0.15) is 46.4 Å². The van der Waals surface area contributed by atoms with Gasteiger partial charge in [0.25, 0.3) is 0 Å². The first-order valence-corrected chi connectivity index (χ1v) is 7.32. The molecule has 0 aliphatic rings. The molecule has 0 aliphatic carbocycles. The fourth-order valence-corrected chi connectivity index (χ4v) is 2.47. The number of rotatable bonds is 3. The molecule has 21 heavy (non-hydrogen) atoms. The van der Waals surface area contributed by atoms with Gasteiger partial charge < -0.3 is 9.88 Å². The molecule has 3 nitrogen and oxygen atoms in total. The highest BCUT2D eigenvalue weighted by Crippen LogP contribution is 2.35. The van der Waals surface area contributed by atoms with Gasteiger partial charge >= 0.3 is 0 Å². The summed E-state index contributed by atoms with van der Waals surface area (Å²) in [7, 11) is 0. The Morgan fingerprint density at radius 2 is 1.76 bits per heavy atom. The Bertz CT molecular complexity index is 652. The van der Waals surface area contributed by atoms with Crippen LogP contribution in [-0.2, 0) is 0 Å². The second-order valence-corrected chi connectivity index (χ2v) is 6.61. The van der Waals surface area contributed by atoms with E-state index in [0.717, 1.165) is 16.9 Å². The molecule has 0 atom stereocenters. The van der Waals surface area contributed by atoms with E-state index in [1.165, 1.54) is 0 Å². The van der Waals surface area contributed by atoms with Crippen molar-refractivity contribution in [2.24, 2.45) is 0 Å². The van der Waals surface area contributed by atoms with Gasteiger partial charge in [0.2, 0.25) is 0 Å². The van der Waals surface area contributed by atoms with Crippen LogP contribution in [0.4, 0.5) is 5.82 Å². The fourth-order valence-electron chi connectivity index (χ4n) is 2.47. The average molecular weight is 281 g/mol. The summed E-state index contributed by atoms with van der Waals surface area (Å²) in [6.07, 6.45) is 0. The molecule has 0 aliphatic heterocycles. The van der Waals surface area contributed by atoms with Crippen LogP contribution in [0.2, 0.25) is 0 Å². The van der Waals surface area contributed by atoms with Crippen molar-refractivity contribution in [2.45, 2.75) is 46.2 Å². The first-order chi connectivity index (χ1) is 9.83. The molecular weight excluding hydrogens is 258 g/mol. The number of hydrogen-bond acceptors (Lipinski definition) is 2. The summed E-state index contributed by atoms with van der Waals surface area (Å²) in [5.41, 5.74) is 2.83. The largest absolute Gasteiger partial charge is 0.366 e. The highest BCUT2D eigenvalue weighted by molar-refractivity contribution is 5.78. The van der Waals surface area contributed by atoms with E-state index in [0.29, 0.717) is 5.69 Å². The molecule has 110 valence electrons. The SMILES string of the molecule is CC(C)n1c(C#N)cc(-c2ccccc2)c1NC(C)(C)C. The monoisotopic (exact) mass is 281 g/mol. The molecule has 0 bridgehead atoms. The third-order valence-electron chi connectivity index (χ3n) is 3.25. The van der Waals surface area contributed by atoms with Gasteiger partial charge in [-0.15, -0.1) is 0 Å². The molecule has 0 amide bonds. The minimum atomic E-state index is -0.0682. The van der Waals surface area contributed by atoms with Crippen LogP contribution in [0.3, 0.4) is 0 Å². The van der Waals surface area contributed by atoms with Crippen molar-refractivity contribution in [1.82, 2.24) is 4.57 Å². The highest BCUT2D eigenvalue weighted by atomic mass is 15.2. The van der Waals surface area contributed by atoms with Crippen molar-refractivity contribution in [3.8, 4) is 17.2 Å². The molecule has 3 heteroatoms. The number of nitrogens with one attached hydrogen (secondary N) is 1. The van der Waals surface area contributed by atoms with Crippen LogP contribution in [0, 0.1) is 11.3 Å². The van der Waals surface area contributed by atoms with Gasteiger partial charge in [-0.05, 0) is 46.2 Å². The van der Waals surface area contributed by atoms with Gasteiger partial charge in [0.1, 0.15) is 17.6 Å². The maximum Gasteiger partial charge on any atom is 0.122 e. The summed E-state index contributed by atoms with van der Waals surface area (Å²) in [6.45, 7) is 10.6. The van der Waals surface area contributed by atoms with E-state index in [1.807, 2.05) is 24.3 Å². The van der Waals surface area contributed by atoms with Crippen LogP contribution in [-0.4, -0.2) is 10.1 Å². The lowest BCUT2D eigenvalue weighted by atomic mass is 10.1. The molecule has 2 aromatic rings. The normalized spacial score (nSPS) is 11.5. The topological polar surface area (TPSA) is 40.8 Å². The molecule has 0 unspecified atom stereocenters. The molecule has 2 rings (SSSR count). The smallest absolute Gasteiger partial charge is 0.122 e. The summed E-state index contributed by atoms with van der Waals surface area (Å²) in [5, 5.41) is 13.0. The van der Waals surface area contributed by atoms with Gasteiger partial charge in [0.15, 0.2) is 0 Å². The predicted octanol–water partition coefficient (Wildman–Crippen LogP) is 4.82. The zero-order chi connectivity index (χ0) is 15.6. The second kappa shape index (κ2) is 5.65. The lowest BCUT2D eigenvalue weighted by Crippen LogP contribution is -2.28. The standard InChI is InChI=1S/C18H23N3/c1-13(2)21-15(12-19)11-16(14-9-7-6-8-10-14)17(21)20-18(3,4)5/h6-11,13,20H,1-5H3. The van der Waals surface area contributed by atoms with Crippen molar-refractivity contribution < 1.29 is 0 Å². The Labute approximate surface area is 127 Å². The Kier molecular flexibility index (Phi) is 4.09. The summed E-state index contributed by atoms with van der Waals surface area (Å²) >= 11 is 0. The third-order valence-corrected chi connectivity index (χ3v) is 3.25. The van der Waals surface area contributed by atoms with Crippen LogP contribution in [0.15, 0.2) is 36.4 Å². The molecule has 1 aromatic carbocycles. The molecular formula is C18H23N3. The van der Waals surface area contributed by atoms with Crippen LogP contribution in [0.5, 0.6) is 0 Å². The minimum absolute atomic E-state index is 0.0682. The minimum Gasteiger partial charge on any atom is -0.366 e. The van der Waals surface area contributed by atoms with Gasteiger partial charge in [-0.25, -0.2) is 0 Å². The fraction of sp³-hybridized carbons (Fsp3) is 0.389. The van der Waals surface area contributed by atoms with Crippen LogP contribution < -0.4 is 5.32 Å². The van der Waals surface area contributed by atoms with E-state index >= 15 is 0 Å². The van der Waals surface area contributed by atoms with Crippen LogP contribution in [0.25, 0.3) is 11.1 Å². The number of benzene rings is 1. The molecule has 1 heterocycles. The summed E-state index contributed by atoms with van der Waals surface area (Å²) in [5.74, 6) is 1.01. The van der Waals surface area contributed by atoms with Gasteiger partial charge in [0.05, 0.1) is 0 Å². The van der Waals surface area contributed by atoms with Gasteiger partial charge in [-0.3, -0.25) is 0 Å². The number of anilines is 1. The first-order valence-electron chi connectivity index (χ1n) is 7.32. The summed E-state index contributed by atoms with van der Waals surface area (Å²) < 4.78 is 2.08. The molecule has 0 fully saturated rings. The number of hydrogen-bond donors (Lipinski definition) is 1. The lowest BCUT2D eigenvalue weighted by molar-refractivity contribution is 0.574. The average Bonchev–Trinajstić information content (AvgIpc) is 2.76.